The molecule has 0 N–H and O–H groups in total. The first-order chi connectivity index (χ1) is 10.2. The molecule has 0 aromatic heterocycles. The number of amides is 1. The Morgan fingerprint density at radius 2 is 1.68 bits per heavy atom. The minimum atomic E-state index is -0.585. The van der Waals surface area contributed by atoms with Gasteiger partial charge in [-0.25, -0.2) is 13.6 Å². The Hall–Kier alpha value is -1.91. The number of ether oxygens (including phenoxy) is 1. The van der Waals surface area contributed by atoms with Crippen LogP contribution in [0.5, 0.6) is 0 Å². The number of hydrogen-bond donors (Lipinski definition) is 0. The van der Waals surface area contributed by atoms with Crippen LogP contribution in [0.2, 0.25) is 0 Å². The van der Waals surface area contributed by atoms with E-state index in [1.165, 1.54) is 12.1 Å². The molecular formula is C17H21F2NO2. The van der Waals surface area contributed by atoms with Crippen molar-refractivity contribution in [2.45, 2.75) is 39.2 Å². The fourth-order valence-electron chi connectivity index (χ4n) is 2.34. The maximum Gasteiger partial charge on any atom is 0.410 e. The summed E-state index contributed by atoms with van der Waals surface area (Å²) in [4.78, 5) is 13.6. The Kier molecular flexibility index (Phi) is 4.84. The number of carbonyl (C=O) groups excluding carboxylic acids is 1. The molecule has 1 aromatic rings. The van der Waals surface area contributed by atoms with Gasteiger partial charge in [-0.05, 0) is 51.3 Å². The van der Waals surface area contributed by atoms with Crippen LogP contribution >= 0.6 is 0 Å². The van der Waals surface area contributed by atoms with Crippen molar-refractivity contribution in [1.82, 2.24) is 4.90 Å². The van der Waals surface area contributed by atoms with Gasteiger partial charge in [-0.3, -0.25) is 0 Å². The molecular weight excluding hydrogens is 288 g/mol. The van der Waals surface area contributed by atoms with Gasteiger partial charge in [0.2, 0.25) is 0 Å². The van der Waals surface area contributed by atoms with Crippen LogP contribution in [0, 0.1) is 11.6 Å². The lowest BCUT2D eigenvalue weighted by Crippen LogP contribution is -2.40. The summed E-state index contributed by atoms with van der Waals surface area (Å²) in [5.41, 5.74) is 1.08. The zero-order valence-corrected chi connectivity index (χ0v) is 13.2. The van der Waals surface area contributed by atoms with Crippen molar-refractivity contribution >= 4 is 12.2 Å². The number of halogens is 2. The number of carbonyl (C=O) groups is 1. The molecule has 3 nitrogen and oxygen atoms in total. The number of hydrogen-bond acceptors (Lipinski definition) is 2. The molecule has 0 unspecified atom stereocenters. The highest BCUT2D eigenvalue weighted by Crippen LogP contribution is 2.22. The van der Waals surface area contributed by atoms with Crippen molar-refractivity contribution in [1.29, 1.82) is 0 Å². The molecule has 120 valence electrons. The van der Waals surface area contributed by atoms with Gasteiger partial charge >= 0.3 is 6.09 Å². The van der Waals surface area contributed by atoms with Crippen molar-refractivity contribution in [3.63, 3.8) is 0 Å². The van der Waals surface area contributed by atoms with Crippen molar-refractivity contribution in [2.24, 2.45) is 0 Å². The standard InChI is InChI=1S/C17H21F2NO2/c1-17(2,3)22-16(21)20-6-4-12(5-7-20)8-13-9-14(18)11-15(19)10-13/h8-11H,4-7H2,1-3H3. The molecule has 0 spiro atoms. The predicted molar refractivity (Wildman–Crippen MR) is 81.4 cm³/mol. The quantitative estimate of drug-likeness (QED) is 0.770. The molecule has 5 heteroatoms. The Labute approximate surface area is 129 Å². The molecule has 0 bridgehead atoms. The zero-order chi connectivity index (χ0) is 16.3. The van der Waals surface area contributed by atoms with E-state index in [2.05, 4.69) is 0 Å². The fourth-order valence-corrected chi connectivity index (χ4v) is 2.34. The van der Waals surface area contributed by atoms with E-state index in [9.17, 15) is 13.6 Å². The van der Waals surface area contributed by atoms with Gasteiger partial charge < -0.3 is 9.64 Å². The lowest BCUT2D eigenvalue weighted by Gasteiger charge is -2.31. The summed E-state index contributed by atoms with van der Waals surface area (Å²) in [6.07, 6.45) is 2.83. The number of piperidine rings is 1. The normalized spacial score (nSPS) is 15.7. The Bertz CT molecular complexity index is 561. The SMILES string of the molecule is CC(C)(C)OC(=O)N1CCC(=Cc2cc(F)cc(F)c2)CC1. The molecule has 1 aromatic carbocycles. The highest BCUT2D eigenvalue weighted by molar-refractivity contribution is 5.68. The van der Waals surface area contributed by atoms with E-state index in [0.29, 0.717) is 31.5 Å². The fraction of sp³-hybridized carbons (Fsp3) is 0.471. The first-order valence-corrected chi connectivity index (χ1v) is 7.36. The number of rotatable bonds is 1. The van der Waals surface area contributed by atoms with E-state index < -0.39 is 17.2 Å². The van der Waals surface area contributed by atoms with Crippen LogP contribution < -0.4 is 0 Å². The van der Waals surface area contributed by atoms with Gasteiger partial charge in [0.25, 0.3) is 0 Å². The number of benzene rings is 1. The van der Waals surface area contributed by atoms with Crippen LogP contribution in [0.25, 0.3) is 6.08 Å². The average Bonchev–Trinajstić information content (AvgIpc) is 2.36. The van der Waals surface area contributed by atoms with Gasteiger partial charge in [-0.15, -0.1) is 0 Å². The molecule has 1 aliphatic rings. The molecule has 1 heterocycles. The van der Waals surface area contributed by atoms with Crippen LogP contribution in [0.1, 0.15) is 39.2 Å². The van der Waals surface area contributed by atoms with Crippen LogP contribution in [-0.4, -0.2) is 29.7 Å². The monoisotopic (exact) mass is 309 g/mol. The van der Waals surface area contributed by atoms with E-state index in [1.807, 2.05) is 20.8 Å². The van der Waals surface area contributed by atoms with E-state index in [4.69, 9.17) is 4.74 Å². The second-order valence-corrected chi connectivity index (χ2v) is 6.47. The van der Waals surface area contributed by atoms with Crippen molar-refractivity contribution in [3.8, 4) is 0 Å². The van der Waals surface area contributed by atoms with E-state index in [1.54, 1.807) is 11.0 Å². The first kappa shape index (κ1) is 16.5. The van der Waals surface area contributed by atoms with Crippen LogP contribution in [-0.2, 0) is 4.74 Å². The van der Waals surface area contributed by atoms with Gasteiger partial charge in [-0.1, -0.05) is 11.6 Å². The predicted octanol–water partition coefficient (Wildman–Crippen LogP) is 4.38. The van der Waals surface area contributed by atoms with E-state index in [0.717, 1.165) is 11.6 Å². The lowest BCUT2D eigenvalue weighted by molar-refractivity contribution is 0.0237. The smallest absolute Gasteiger partial charge is 0.410 e. The third kappa shape index (κ3) is 4.83. The zero-order valence-electron chi connectivity index (χ0n) is 13.2. The Morgan fingerprint density at radius 1 is 1.14 bits per heavy atom. The summed E-state index contributed by atoms with van der Waals surface area (Å²) in [7, 11) is 0. The van der Waals surface area contributed by atoms with Gasteiger partial charge in [0.15, 0.2) is 0 Å². The molecule has 1 fully saturated rings. The summed E-state index contributed by atoms with van der Waals surface area (Å²) in [5.74, 6) is -1.17. The summed E-state index contributed by atoms with van der Waals surface area (Å²) >= 11 is 0. The molecule has 1 aliphatic heterocycles. The van der Waals surface area contributed by atoms with Crippen LogP contribution in [0.3, 0.4) is 0 Å². The second-order valence-electron chi connectivity index (χ2n) is 6.47. The van der Waals surface area contributed by atoms with Gasteiger partial charge in [0.05, 0.1) is 0 Å². The Morgan fingerprint density at radius 3 is 2.18 bits per heavy atom. The van der Waals surface area contributed by atoms with Crippen LogP contribution in [0.4, 0.5) is 13.6 Å². The summed E-state index contributed by atoms with van der Waals surface area (Å²) < 4.78 is 31.7. The van der Waals surface area contributed by atoms with Gasteiger partial charge in [0, 0.05) is 19.2 Å². The third-order valence-corrected chi connectivity index (χ3v) is 3.31. The van der Waals surface area contributed by atoms with E-state index >= 15 is 0 Å². The molecule has 1 amide bonds. The minimum Gasteiger partial charge on any atom is -0.444 e. The molecule has 0 saturated carbocycles. The summed E-state index contributed by atoms with van der Waals surface area (Å²) in [6, 6.07) is 3.46. The first-order valence-electron chi connectivity index (χ1n) is 7.36. The minimum absolute atomic E-state index is 0.316. The largest absolute Gasteiger partial charge is 0.444 e. The number of likely N-dealkylation sites (tertiary alicyclic amines) is 1. The van der Waals surface area contributed by atoms with Gasteiger partial charge in [-0.2, -0.15) is 0 Å². The maximum atomic E-state index is 13.2. The molecule has 22 heavy (non-hydrogen) atoms. The highest BCUT2D eigenvalue weighted by atomic mass is 19.1. The van der Waals surface area contributed by atoms with Gasteiger partial charge in [0.1, 0.15) is 17.2 Å². The van der Waals surface area contributed by atoms with E-state index in [-0.39, 0.29) is 6.09 Å². The maximum absolute atomic E-state index is 13.2. The average molecular weight is 309 g/mol. The summed E-state index contributed by atoms with van der Waals surface area (Å²) in [6.45, 7) is 6.60. The molecule has 0 atom stereocenters. The molecule has 0 radical (unpaired) electrons. The molecule has 1 saturated heterocycles. The lowest BCUT2D eigenvalue weighted by atomic mass is 10.0. The third-order valence-electron chi connectivity index (χ3n) is 3.31. The van der Waals surface area contributed by atoms with Crippen molar-refractivity contribution in [2.75, 3.05) is 13.1 Å². The second kappa shape index (κ2) is 6.46. The van der Waals surface area contributed by atoms with Crippen molar-refractivity contribution < 1.29 is 18.3 Å². The summed E-state index contributed by atoms with van der Waals surface area (Å²) in [5, 5.41) is 0. The van der Waals surface area contributed by atoms with Crippen LogP contribution in [0.15, 0.2) is 23.8 Å². The molecule has 0 aliphatic carbocycles. The Balaban J connectivity index is 1.97. The highest BCUT2D eigenvalue weighted by Gasteiger charge is 2.24. The number of nitrogens with zero attached hydrogens (tertiary/aromatic N) is 1. The topological polar surface area (TPSA) is 29.5 Å². The van der Waals surface area contributed by atoms with Crippen molar-refractivity contribution in [3.05, 3.63) is 41.0 Å². The molecule has 2 rings (SSSR count).